The number of nitrogens with zero attached hydrogens (tertiary/aromatic N) is 5. The largest absolute Gasteiger partial charge is 0.381 e. The van der Waals surface area contributed by atoms with Gasteiger partial charge < -0.3 is 15.2 Å². The van der Waals surface area contributed by atoms with Gasteiger partial charge in [0.2, 0.25) is 0 Å². The van der Waals surface area contributed by atoms with Gasteiger partial charge in [-0.25, -0.2) is 4.68 Å². The summed E-state index contributed by atoms with van der Waals surface area (Å²) >= 11 is 0. The number of ether oxygens (including phenoxy) is 1. The molecule has 1 aliphatic heterocycles. The highest BCUT2D eigenvalue weighted by molar-refractivity contribution is 5.95. The molecule has 1 aliphatic carbocycles. The molecule has 9 nitrogen and oxygen atoms in total. The van der Waals surface area contributed by atoms with Gasteiger partial charge in [0.05, 0.1) is 36.3 Å². The fraction of sp³-hybridized carbons (Fsp3) is 0.500. The number of aliphatic hydroxyl groups is 1. The molecular formula is C24H30N6O3. The number of hydrogen-bond donors (Lipinski definition) is 2. The van der Waals surface area contributed by atoms with E-state index in [1.54, 1.807) is 10.9 Å². The molecule has 0 radical (unpaired) electrons. The van der Waals surface area contributed by atoms with E-state index in [4.69, 9.17) is 4.74 Å². The Kier molecular flexibility index (Phi) is 5.99. The smallest absolute Gasteiger partial charge is 0.254 e. The number of benzene rings is 1. The van der Waals surface area contributed by atoms with Crippen molar-refractivity contribution >= 4 is 5.91 Å². The van der Waals surface area contributed by atoms with E-state index in [0.29, 0.717) is 30.7 Å². The predicted molar refractivity (Wildman–Crippen MR) is 121 cm³/mol. The quantitative estimate of drug-likeness (QED) is 0.596. The van der Waals surface area contributed by atoms with Crippen LogP contribution in [0.4, 0.5) is 0 Å². The zero-order valence-corrected chi connectivity index (χ0v) is 18.9. The summed E-state index contributed by atoms with van der Waals surface area (Å²) in [6, 6.07) is 10.5. The Morgan fingerprint density at radius 1 is 1.24 bits per heavy atom. The average molecular weight is 451 g/mol. The third-order valence-electron chi connectivity index (χ3n) is 6.91. The van der Waals surface area contributed by atoms with Crippen LogP contribution >= 0.6 is 0 Å². The minimum atomic E-state index is -1.02. The van der Waals surface area contributed by atoms with Gasteiger partial charge in [-0.15, -0.1) is 5.10 Å². The molecule has 33 heavy (non-hydrogen) atoms. The van der Waals surface area contributed by atoms with Gasteiger partial charge in [-0.05, 0) is 31.2 Å². The maximum atomic E-state index is 13.0. The zero-order valence-electron chi connectivity index (χ0n) is 18.9. The van der Waals surface area contributed by atoms with Gasteiger partial charge in [-0.2, -0.15) is 5.10 Å². The zero-order chi connectivity index (χ0) is 22.8. The Morgan fingerprint density at radius 3 is 2.76 bits per heavy atom. The second-order valence-corrected chi connectivity index (χ2v) is 9.19. The Bertz CT molecular complexity index is 1090. The topological polar surface area (TPSA) is 107 Å². The second-order valence-electron chi connectivity index (χ2n) is 9.19. The van der Waals surface area contributed by atoms with Crippen LogP contribution in [-0.4, -0.2) is 55.0 Å². The number of carbonyl (C=O) groups excluding carboxylic acids is 1. The molecule has 3 heterocycles. The highest BCUT2D eigenvalue weighted by Gasteiger charge is 2.37. The molecule has 3 aromatic rings. The molecule has 1 saturated heterocycles. The Labute approximate surface area is 192 Å². The van der Waals surface area contributed by atoms with Crippen molar-refractivity contribution in [2.75, 3.05) is 13.2 Å². The molecule has 1 aromatic carbocycles. The molecule has 5 rings (SSSR count). The maximum Gasteiger partial charge on any atom is 0.254 e. The summed E-state index contributed by atoms with van der Waals surface area (Å²) in [5.74, 6) is -0.0658. The first-order valence-electron chi connectivity index (χ1n) is 11.6. The summed E-state index contributed by atoms with van der Waals surface area (Å²) in [5.41, 5.74) is 2.26. The molecule has 1 amide bonds. The molecular weight excluding hydrogens is 420 g/mol. The second kappa shape index (κ2) is 9.07. The van der Waals surface area contributed by atoms with Gasteiger partial charge >= 0.3 is 0 Å². The lowest BCUT2D eigenvalue weighted by Gasteiger charge is -2.29. The number of amides is 1. The van der Waals surface area contributed by atoms with Crippen molar-refractivity contribution in [3.8, 4) is 0 Å². The van der Waals surface area contributed by atoms with Gasteiger partial charge in [-0.1, -0.05) is 35.5 Å². The standard InChI is InChI=1S/C24H30N6O3/c1-29-21(13-17-5-3-2-4-6-17)20(14-25-29)23(31)26-18-7-9-19(10-8-18)30-15-22(27-28-30)24(32)11-12-33-16-24/h2-6,14-15,18-19,32H,7-13,16H2,1H3,(H,26,31). The van der Waals surface area contributed by atoms with E-state index in [1.165, 1.54) is 0 Å². The van der Waals surface area contributed by atoms with Crippen LogP contribution in [0.2, 0.25) is 0 Å². The minimum absolute atomic E-state index is 0.0658. The molecule has 2 fully saturated rings. The molecule has 1 atom stereocenters. The molecule has 0 bridgehead atoms. The number of hydrogen-bond acceptors (Lipinski definition) is 6. The SMILES string of the molecule is Cn1ncc(C(=O)NC2CCC(n3cc(C4(O)CCOC4)nn3)CC2)c1Cc1ccccc1. The van der Waals surface area contributed by atoms with Crippen molar-refractivity contribution in [3.63, 3.8) is 0 Å². The highest BCUT2D eigenvalue weighted by Crippen LogP contribution is 2.32. The third-order valence-corrected chi connectivity index (χ3v) is 6.91. The van der Waals surface area contributed by atoms with Crippen LogP contribution in [-0.2, 0) is 23.8 Å². The van der Waals surface area contributed by atoms with E-state index >= 15 is 0 Å². The summed E-state index contributed by atoms with van der Waals surface area (Å²) in [7, 11) is 1.88. The van der Waals surface area contributed by atoms with E-state index < -0.39 is 5.60 Å². The van der Waals surface area contributed by atoms with Gasteiger partial charge in [0.1, 0.15) is 11.3 Å². The van der Waals surface area contributed by atoms with Gasteiger partial charge in [0, 0.05) is 32.5 Å². The number of carbonyl (C=O) groups is 1. The van der Waals surface area contributed by atoms with Crippen LogP contribution in [0.15, 0.2) is 42.7 Å². The summed E-state index contributed by atoms with van der Waals surface area (Å²) < 4.78 is 8.97. The predicted octanol–water partition coefficient (Wildman–Crippen LogP) is 2.12. The Hall–Kier alpha value is -3.04. The molecule has 174 valence electrons. The number of rotatable bonds is 6. The van der Waals surface area contributed by atoms with Crippen LogP contribution in [0.5, 0.6) is 0 Å². The van der Waals surface area contributed by atoms with Crippen molar-refractivity contribution < 1.29 is 14.6 Å². The number of nitrogens with one attached hydrogen (secondary N) is 1. The number of aromatic nitrogens is 5. The monoisotopic (exact) mass is 450 g/mol. The molecule has 9 heteroatoms. The molecule has 0 spiro atoms. The Balaban J connectivity index is 1.18. The van der Waals surface area contributed by atoms with Crippen LogP contribution < -0.4 is 5.32 Å². The fourth-order valence-corrected chi connectivity index (χ4v) is 4.82. The summed E-state index contributed by atoms with van der Waals surface area (Å²) in [5, 5.41) is 26.7. The van der Waals surface area contributed by atoms with E-state index in [-0.39, 0.29) is 24.6 Å². The first kappa shape index (κ1) is 21.8. The summed E-state index contributed by atoms with van der Waals surface area (Å²) in [4.78, 5) is 13.0. The first-order valence-corrected chi connectivity index (χ1v) is 11.6. The third kappa shape index (κ3) is 4.56. The van der Waals surface area contributed by atoms with Crippen molar-refractivity contribution in [3.05, 3.63) is 65.2 Å². The number of aryl methyl sites for hydroxylation is 1. The summed E-state index contributed by atoms with van der Waals surface area (Å²) in [6.45, 7) is 0.809. The van der Waals surface area contributed by atoms with Crippen molar-refractivity contribution in [1.29, 1.82) is 0 Å². The normalized spacial score (nSPS) is 25.3. The van der Waals surface area contributed by atoms with Gasteiger partial charge in [0.15, 0.2) is 0 Å². The van der Waals surface area contributed by atoms with Gasteiger partial charge in [-0.3, -0.25) is 9.48 Å². The van der Waals surface area contributed by atoms with Gasteiger partial charge in [0.25, 0.3) is 5.91 Å². The van der Waals surface area contributed by atoms with Crippen LogP contribution in [0.3, 0.4) is 0 Å². The van der Waals surface area contributed by atoms with E-state index in [9.17, 15) is 9.90 Å². The maximum absolute atomic E-state index is 13.0. The average Bonchev–Trinajstić information content (AvgIpc) is 3.57. The lowest BCUT2D eigenvalue weighted by molar-refractivity contribution is 0.0193. The van der Waals surface area contributed by atoms with E-state index in [1.807, 2.05) is 36.1 Å². The molecule has 1 unspecified atom stereocenters. The Morgan fingerprint density at radius 2 is 2.03 bits per heavy atom. The molecule has 2 aliphatic rings. The minimum Gasteiger partial charge on any atom is -0.381 e. The van der Waals surface area contributed by atoms with E-state index in [0.717, 1.165) is 36.9 Å². The molecule has 2 aromatic heterocycles. The van der Waals surface area contributed by atoms with Crippen LogP contribution in [0, 0.1) is 0 Å². The highest BCUT2D eigenvalue weighted by atomic mass is 16.5. The van der Waals surface area contributed by atoms with Crippen LogP contribution in [0.25, 0.3) is 0 Å². The lowest BCUT2D eigenvalue weighted by Crippen LogP contribution is -2.38. The van der Waals surface area contributed by atoms with Crippen molar-refractivity contribution in [2.24, 2.45) is 7.05 Å². The van der Waals surface area contributed by atoms with Crippen molar-refractivity contribution in [1.82, 2.24) is 30.1 Å². The fourth-order valence-electron chi connectivity index (χ4n) is 4.82. The van der Waals surface area contributed by atoms with Crippen molar-refractivity contribution in [2.45, 2.75) is 56.2 Å². The lowest BCUT2D eigenvalue weighted by atomic mass is 9.91. The molecule has 1 saturated carbocycles. The van der Waals surface area contributed by atoms with Crippen LogP contribution in [0.1, 0.15) is 65.5 Å². The first-order chi connectivity index (χ1) is 16.0. The summed E-state index contributed by atoms with van der Waals surface area (Å²) in [6.07, 6.45) is 8.25. The van der Waals surface area contributed by atoms with E-state index in [2.05, 4.69) is 32.9 Å². The molecule has 2 N–H and O–H groups in total.